The fourth-order valence-electron chi connectivity index (χ4n) is 6.37. The zero-order chi connectivity index (χ0) is 38.6. The fraction of sp³-hybridized carbons (Fsp3) is 0.532. The van der Waals surface area contributed by atoms with Gasteiger partial charge in [0.1, 0.15) is 35.7 Å². The van der Waals surface area contributed by atoms with E-state index in [0.717, 1.165) is 44.1 Å². The first-order chi connectivity index (χ1) is 26.4. The molecule has 0 aliphatic carbocycles. The summed E-state index contributed by atoms with van der Waals surface area (Å²) in [6.07, 6.45) is 23.9. The fourth-order valence-corrected chi connectivity index (χ4v) is 6.37. The zero-order valence-corrected chi connectivity index (χ0v) is 33.3. The number of benzene rings is 3. The van der Waals surface area contributed by atoms with Crippen LogP contribution >= 0.6 is 0 Å². The Morgan fingerprint density at radius 2 is 1.13 bits per heavy atom. The highest BCUT2D eigenvalue weighted by molar-refractivity contribution is 5.76. The maximum Gasteiger partial charge on any atom is 0.311 e. The third-order valence-electron chi connectivity index (χ3n) is 9.64. The molecule has 0 saturated carbocycles. The first-order valence-electron chi connectivity index (χ1n) is 20.7. The van der Waals surface area contributed by atoms with E-state index in [0.29, 0.717) is 47.8 Å². The number of aliphatic hydroxyl groups is 1. The van der Waals surface area contributed by atoms with Gasteiger partial charge in [0.2, 0.25) is 0 Å². The topological polar surface area (TPSA) is 91.3 Å². The third-order valence-corrected chi connectivity index (χ3v) is 9.64. The largest absolute Gasteiger partial charge is 0.497 e. The van der Waals surface area contributed by atoms with Crippen molar-refractivity contribution in [2.75, 3.05) is 7.11 Å². The predicted molar refractivity (Wildman–Crippen MR) is 219 cm³/mol. The van der Waals surface area contributed by atoms with Crippen molar-refractivity contribution in [3.8, 4) is 23.0 Å². The second-order valence-corrected chi connectivity index (χ2v) is 14.3. The lowest BCUT2D eigenvalue weighted by Crippen LogP contribution is -2.10. The molecule has 0 aliphatic rings. The van der Waals surface area contributed by atoms with E-state index in [-0.39, 0.29) is 17.7 Å². The van der Waals surface area contributed by atoms with Gasteiger partial charge < -0.3 is 24.1 Å². The van der Waals surface area contributed by atoms with Gasteiger partial charge in [0.15, 0.2) is 0 Å². The summed E-state index contributed by atoms with van der Waals surface area (Å²) in [5.74, 6) is 1.08. The van der Waals surface area contributed by atoms with Crippen molar-refractivity contribution in [2.45, 2.75) is 155 Å². The Labute approximate surface area is 325 Å². The van der Waals surface area contributed by atoms with Crippen molar-refractivity contribution in [3.63, 3.8) is 0 Å². The highest BCUT2D eigenvalue weighted by Crippen LogP contribution is 2.33. The van der Waals surface area contributed by atoms with Crippen LogP contribution in [0.5, 0.6) is 23.0 Å². The Balaban J connectivity index is 1.65. The summed E-state index contributed by atoms with van der Waals surface area (Å²) in [7, 11) is 1.59. The Morgan fingerprint density at radius 3 is 1.70 bits per heavy atom. The molecular formula is C47H66O7. The molecule has 3 aromatic carbocycles. The van der Waals surface area contributed by atoms with Crippen LogP contribution in [0.1, 0.15) is 165 Å². The van der Waals surface area contributed by atoms with Crippen LogP contribution < -0.4 is 18.9 Å². The van der Waals surface area contributed by atoms with Crippen LogP contribution in [0.4, 0.5) is 0 Å². The number of hydrogen-bond acceptors (Lipinski definition) is 7. The van der Waals surface area contributed by atoms with E-state index in [9.17, 15) is 14.7 Å². The second-order valence-electron chi connectivity index (χ2n) is 14.3. The highest BCUT2D eigenvalue weighted by atomic mass is 16.5. The van der Waals surface area contributed by atoms with Gasteiger partial charge in [-0.25, -0.2) is 0 Å². The van der Waals surface area contributed by atoms with Crippen molar-refractivity contribution < 1.29 is 33.6 Å². The third kappa shape index (κ3) is 18.3. The smallest absolute Gasteiger partial charge is 0.311 e. The average Bonchev–Trinajstić information content (AvgIpc) is 3.18. The molecule has 0 fully saturated rings. The summed E-state index contributed by atoms with van der Waals surface area (Å²) in [6, 6.07) is 20.2. The Bertz CT molecular complexity index is 1500. The number of esters is 2. The second kappa shape index (κ2) is 27.5. The van der Waals surface area contributed by atoms with Crippen LogP contribution in [-0.4, -0.2) is 24.2 Å². The molecule has 7 heteroatoms. The minimum atomic E-state index is -1.03. The van der Waals surface area contributed by atoms with E-state index in [4.69, 9.17) is 18.9 Å². The van der Waals surface area contributed by atoms with E-state index in [1.54, 1.807) is 55.7 Å². The molecule has 0 heterocycles. The number of unbranched alkanes of at least 4 members (excludes halogenated alkanes) is 16. The summed E-state index contributed by atoms with van der Waals surface area (Å²) < 4.78 is 23.1. The Kier molecular flexibility index (Phi) is 22.5. The molecular weight excluding hydrogens is 677 g/mol. The van der Waals surface area contributed by atoms with Crippen molar-refractivity contribution >= 4 is 18.0 Å². The molecule has 54 heavy (non-hydrogen) atoms. The van der Waals surface area contributed by atoms with Gasteiger partial charge in [-0.2, -0.15) is 0 Å². The SMILES string of the molecule is CCCCCCCCCCCC(=O)Oc1ccc(C=CC(O)c2ccc(OC)cc2OCc2ccccc2)c(OC(=O)CCCCCCCCCCC)c1. The Morgan fingerprint density at radius 1 is 0.611 bits per heavy atom. The molecule has 7 nitrogen and oxygen atoms in total. The number of methoxy groups -OCH3 is 1. The van der Waals surface area contributed by atoms with Gasteiger partial charge in [-0.05, 0) is 42.7 Å². The van der Waals surface area contributed by atoms with Gasteiger partial charge >= 0.3 is 11.9 Å². The first-order valence-corrected chi connectivity index (χ1v) is 20.7. The monoisotopic (exact) mass is 742 g/mol. The maximum absolute atomic E-state index is 13.0. The number of ether oxygens (including phenoxy) is 4. The number of carbonyl (C=O) groups is 2. The normalized spacial score (nSPS) is 11.8. The molecule has 1 N–H and O–H groups in total. The van der Waals surface area contributed by atoms with Gasteiger partial charge in [-0.1, -0.05) is 159 Å². The highest BCUT2D eigenvalue weighted by Gasteiger charge is 2.16. The Hall–Kier alpha value is -4.10. The number of hydrogen-bond donors (Lipinski definition) is 1. The minimum Gasteiger partial charge on any atom is -0.497 e. The maximum atomic E-state index is 13.0. The van der Waals surface area contributed by atoms with Gasteiger partial charge in [0.25, 0.3) is 0 Å². The predicted octanol–water partition coefficient (Wildman–Crippen LogP) is 12.7. The molecule has 0 aliphatic heterocycles. The summed E-state index contributed by atoms with van der Waals surface area (Å²) in [5.41, 5.74) is 2.14. The molecule has 0 spiro atoms. The molecule has 0 bridgehead atoms. The molecule has 3 rings (SSSR count). The standard InChI is InChI=1S/C47H66O7/c1-4-6-8-10-12-14-16-18-23-27-46(49)53-41-31-29-39(44(36-41)54-47(50)28-24-19-17-15-13-11-9-7-5-2)30-34-43(48)42-33-32-40(51-3)35-45(42)52-37-38-25-21-20-22-26-38/h20-22,25-26,29-36,43,48H,4-19,23-24,27-28,37H2,1-3H3. The minimum absolute atomic E-state index is 0.281. The van der Waals surface area contributed by atoms with E-state index < -0.39 is 6.10 Å². The molecule has 0 aromatic heterocycles. The summed E-state index contributed by atoms with van der Waals surface area (Å²) >= 11 is 0. The van der Waals surface area contributed by atoms with Gasteiger partial charge in [-0.3, -0.25) is 9.59 Å². The summed E-state index contributed by atoms with van der Waals surface area (Å²) in [6.45, 7) is 4.79. The van der Waals surface area contributed by atoms with Crippen molar-refractivity contribution in [2.24, 2.45) is 0 Å². The van der Waals surface area contributed by atoms with Crippen LogP contribution in [-0.2, 0) is 16.2 Å². The van der Waals surface area contributed by atoms with Crippen LogP contribution in [0, 0.1) is 0 Å². The quantitative estimate of drug-likeness (QED) is 0.0430. The number of aliphatic hydroxyl groups excluding tert-OH is 1. The van der Waals surface area contributed by atoms with Crippen molar-refractivity contribution in [3.05, 3.63) is 89.5 Å². The lowest BCUT2D eigenvalue weighted by atomic mass is 10.1. The molecule has 296 valence electrons. The van der Waals surface area contributed by atoms with Crippen LogP contribution in [0.2, 0.25) is 0 Å². The summed E-state index contributed by atoms with van der Waals surface area (Å²) in [5, 5.41) is 11.3. The molecule has 1 atom stereocenters. The molecule has 1 unspecified atom stereocenters. The lowest BCUT2D eigenvalue weighted by Gasteiger charge is -2.16. The van der Waals surface area contributed by atoms with Crippen LogP contribution in [0.25, 0.3) is 6.08 Å². The van der Waals surface area contributed by atoms with Gasteiger partial charge in [0, 0.05) is 36.1 Å². The van der Waals surface area contributed by atoms with Crippen LogP contribution in [0.15, 0.2) is 72.8 Å². The number of rotatable bonds is 29. The van der Waals surface area contributed by atoms with Crippen molar-refractivity contribution in [1.29, 1.82) is 0 Å². The first kappa shape index (κ1) is 44.3. The molecule has 0 saturated heterocycles. The lowest BCUT2D eigenvalue weighted by molar-refractivity contribution is -0.135. The van der Waals surface area contributed by atoms with Crippen LogP contribution in [0.3, 0.4) is 0 Å². The van der Waals surface area contributed by atoms with Gasteiger partial charge in [0.05, 0.1) is 7.11 Å². The van der Waals surface area contributed by atoms with Crippen molar-refractivity contribution in [1.82, 2.24) is 0 Å². The van der Waals surface area contributed by atoms with E-state index in [1.165, 1.54) is 77.0 Å². The van der Waals surface area contributed by atoms with E-state index in [1.807, 2.05) is 30.3 Å². The molecule has 3 aromatic rings. The average molecular weight is 743 g/mol. The summed E-state index contributed by atoms with van der Waals surface area (Å²) in [4.78, 5) is 25.8. The van der Waals surface area contributed by atoms with E-state index in [2.05, 4.69) is 13.8 Å². The zero-order valence-electron chi connectivity index (χ0n) is 33.3. The molecule has 0 radical (unpaired) electrons. The van der Waals surface area contributed by atoms with E-state index >= 15 is 0 Å². The molecule has 0 amide bonds. The van der Waals surface area contributed by atoms with Gasteiger partial charge in [-0.15, -0.1) is 0 Å². The number of carbonyl (C=O) groups excluding carboxylic acids is 2.